The van der Waals surface area contributed by atoms with E-state index in [1.807, 2.05) is 22.9 Å². The molecule has 172 valence electrons. The van der Waals surface area contributed by atoms with Crippen LogP contribution in [0.4, 0.5) is 5.69 Å². The molecule has 1 aromatic heterocycles. The highest BCUT2D eigenvalue weighted by molar-refractivity contribution is 7.99. The van der Waals surface area contributed by atoms with Crippen LogP contribution < -0.4 is 10.6 Å². The van der Waals surface area contributed by atoms with Crippen LogP contribution in [0.15, 0.2) is 60.0 Å². The van der Waals surface area contributed by atoms with Gasteiger partial charge >= 0.3 is 5.97 Å². The molecule has 0 unspecified atom stereocenters. The fourth-order valence-electron chi connectivity index (χ4n) is 3.10. The summed E-state index contributed by atoms with van der Waals surface area (Å²) in [6, 6.07) is 13.1. The molecule has 9 heteroatoms. The molecule has 0 saturated heterocycles. The molecule has 3 rings (SSSR count). The van der Waals surface area contributed by atoms with Gasteiger partial charge < -0.3 is 15.4 Å². The molecule has 0 saturated carbocycles. The summed E-state index contributed by atoms with van der Waals surface area (Å²) in [6.45, 7) is 3.97. The first kappa shape index (κ1) is 24.1. The highest BCUT2D eigenvalue weighted by Crippen LogP contribution is 2.24. The first-order valence-electron chi connectivity index (χ1n) is 10.3. The number of nitrogens with zero attached hydrogens (tertiary/aromatic N) is 2. The molecule has 0 fully saturated rings. The lowest BCUT2D eigenvalue weighted by Gasteiger charge is -2.12. The van der Waals surface area contributed by atoms with Gasteiger partial charge in [0.15, 0.2) is 5.16 Å². The molecule has 0 aliphatic carbocycles. The van der Waals surface area contributed by atoms with Crippen molar-refractivity contribution < 1.29 is 19.1 Å². The fraction of sp³-hybridized carbons (Fsp3) is 0.250. The van der Waals surface area contributed by atoms with Crippen LogP contribution in [0.2, 0.25) is 0 Å². The summed E-state index contributed by atoms with van der Waals surface area (Å²) >= 11 is 1.36. The smallest absolute Gasteiger partial charge is 0.325 e. The molecule has 0 aliphatic rings. The third kappa shape index (κ3) is 6.69. The minimum absolute atomic E-state index is 0.127. The number of hydrogen-bond donors (Lipinski definition) is 2. The number of aromatic nitrogens is 2. The van der Waals surface area contributed by atoms with Crippen molar-refractivity contribution in [3.63, 3.8) is 0 Å². The fourth-order valence-corrected chi connectivity index (χ4v) is 3.87. The minimum atomic E-state index is -0.504. The molecule has 0 spiro atoms. The van der Waals surface area contributed by atoms with Gasteiger partial charge in [-0.25, -0.2) is 4.98 Å². The minimum Gasteiger partial charge on any atom is -0.468 e. The molecule has 0 atom stereocenters. The zero-order valence-corrected chi connectivity index (χ0v) is 19.6. The van der Waals surface area contributed by atoms with Gasteiger partial charge in [-0.15, -0.1) is 0 Å². The van der Waals surface area contributed by atoms with Crippen molar-refractivity contribution in [3.05, 3.63) is 71.5 Å². The number of amides is 2. The van der Waals surface area contributed by atoms with E-state index in [2.05, 4.69) is 40.3 Å². The molecule has 1 heterocycles. The van der Waals surface area contributed by atoms with E-state index in [-0.39, 0.29) is 30.5 Å². The Balaban J connectivity index is 1.52. The largest absolute Gasteiger partial charge is 0.468 e. The number of carbonyl (C=O) groups is 3. The summed E-state index contributed by atoms with van der Waals surface area (Å²) in [4.78, 5) is 39.8. The van der Waals surface area contributed by atoms with Crippen molar-refractivity contribution in [2.45, 2.75) is 25.4 Å². The Morgan fingerprint density at radius 2 is 1.82 bits per heavy atom. The van der Waals surface area contributed by atoms with E-state index in [0.717, 1.165) is 16.4 Å². The lowest BCUT2D eigenvalue weighted by molar-refractivity contribution is -0.141. The van der Waals surface area contributed by atoms with E-state index in [1.165, 1.54) is 30.0 Å². The zero-order valence-electron chi connectivity index (χ0n) is 18.8. The average molecular weight is 467 g/mol. The van der Waals surface area contributed by atoms with Gasteiger partial charge in [0, 0.05) is 18.1 Å². The number of anilines is 1. The SMILES string of the molecule is COC(=O)CNC(=O)Cc1ccc(NC(=O)CSc2nccn2-c2cccc(C)c2C)cc1. The van der Waals surface area contributed by atoms with E-state index in [9.17, 15) is 14.4 Å². The Hall–Kier alpha value is -3.59. The van der Waals surface area contributed by atoms with Gasteiger partial charge in [-0.1, -0.05) is 36.0 Å². The quantitative estimate of drug-likeness (QED) is 0.371. The number of nitrogens with one attached hydrogen (secondary N) is 2. The molecule has 0 aliphatic heterocycles. The number of imidazole rings is 1. The number of thioether (sulfide) groups is 1. The Morgan fingerprint density at radius 3 is 2.55 bits per heavy atom. The summed E-state index contributed by atoms with van der Waals surface area (Å²) < 4.78 is 6.47. The molecule has 0 bridgehead atoms. The Kier molecular flexibility index (Phi) is 8.26. The monoisotopic (exact) mass is 466 g/mol. The number of ether oxygens (including phenoxy) is 1. The molecule has 0 radical (unpaired) electrons. The summed E-state index contributed by atoms with van der Waals surface area (Å²) in [5.41, 5.74) is 4.80. The molecular formula is C24H26N4O4S. The molecular weight excluding hydrogens is 440 g/mol. The van der Waals surface area contributed by atoms with Gasteiger partial charge in [0.25, 0.3) is 0 Å². The number of benzene rings is 2. The second-order valence-corrected chi connectivity index (χ2v) is 8.30. The summed E-state index contributed by atoms with van der Waals surface area (Å²) in [6.07, 6.45) is 3.74. The van der Waals surface area contributed by atoms with Crippen molar-refractivity contribution in [1.29, 1.82) is 0 Å². The van der Waals surface area contributed by atoms with E-state index in [1.54, 1.807) is 30.5 Å². The Labute approximate surface area is 196 Å². The van der Waals surface area contributed by atoms with Crippen molar-refractivity contribution >= 4 is 35.2 Å². The third-order valence-electron chi connectivity index (χ3n) is 5.03. The topological polar surface area (TPSA) is 102 Å². The van der Waals surface area contributed by atoms with Crippen LogP contribution in [0.5, 0.6) is 0 Å². The van der Waals surface area contributed by atoms with E-state index in [4.69, 9.17) is 0 Å². The van der Waals surface area contributed by atoms with Crippen LogP contribution in [-0.4, -0.2) is 46.7 Å². The van der Waals surface area contributed by atoms with Crippen LogP contribution in [0.1, 0.15) is 16.7 Å². The van der Waals surface area contributed by atoms with Gasteiger partial charge in [0.05, 0.1) is 25.0 Å². The van der Waals surface area contributed by atoms with E-state index < -0.39 is 5.97 Å². The van der Waals surface area contributed by atoms with Crippen molar-refractivity contribution in [1.82, 2.24) is 14.9 Å². The summed E-state index contributed by atoms with van der Waals surface area (Å²) in [5, 5.41) is 6.08. The number of carbonyl (C=O) groups excluding carboxylic acids is 3. The predicted molar refractivity (Wildman–Crippen MR) is 128 cm³/mol. The summed E-state index contributed by atoms with van der Waals surface area (Å²) in [5.74, 6) is -0.734. The molecule has 2 amide bonds. The first-order valence-corrected chi connectivity index (χ1v) is 11.3. The van der Waals surface area contributed by atoms with Crippen LogP contribution in [0, 0.1) is 13.8 Å². The van der Waals surface area contributed by atoms with Crippen molar-refractivity contribution in [3.8, 4) is 5.69 Å². The lowest BCUT2D eigenvalue weighted by Crippen LogP contribution is -2.31. The van der Waals surface area contributed by atoms with Gasteiger partial charge in [0.2, 0.25) is 11.8 Å². The number of esters is 1. The second kappa shape index (κ2) is 11.3. The van der Waals surface area contributed by atoms with E-state index >= 15 is 0 Å². The van der Waals surface area contributed by atoms with Crippen LogP contribution in [-0.2, 0) is 25.5 Å². The summed E-state index contributed by atoms with van der Waals surface area (Å²) in [7, 11) is 1.26. The van der Waals surface area contributed by atoms with Gasteiger partial charge in [0.1, 0.15) is 6.54 Å². The van der Waals surface area contributed by atoms with Gasteiger partial charge in [-0.05, 0) is 48.7 Å². The van der Waals surface area contributed by atoms with Crippen molar-refractivity contribution in [2.75, 3.05) is 24.7 Å². The molecule has 3 aromatic rings. The second-order valence-electron chi connectivity index (χ2n) is 7.36. The third-order valence-corrected chi connectivity index (χ3v) is 6.00. The van der Waals surface area contributed by atoms with E-state index in [0.29, 0.717) is 5.69 Å². The van der Waals surface area contributed by atoms with Crippen molar-refractivity contribution in [2.24, 2.45) is 0 Å². The lowest BCUT2D eigenvalue weighted by atomic mass is 10.1. The Morgan fingerprint density at radius 1 is 1.06 bits per heavy atom. The normalized spacial score (nSPS) is 10.5. The number of methoxy groups -OCH3 is 1. The van der Waals surface area contributed by atoms with Crippen LogP contribution in [0.25, 0.3) is 5.69 Å². The number of rotatable bonds is 9. The van der Waals surface area contributed by atoms with Gasteiger partial charge in [-0.2, -0.15) is 0 Å². The predicted octanol–water partition coefficient (Wildman–Crippen LogP) is 3.05. The highest BCUT2D eigenvalue weighted by Gasteiger charge is 2.12. The Bertz CT molecular complexity index is 1140. The highest BCUT2D eigenvalue weighted by atomic mass is 32.2. The first-order chi connectivity index (χ1) is 15.9. The molecule has 2 aromatic carbocycles. The zero-order chi connectivity index (χ0) is 23.8. The van der Waals surface area contributed by atoms with Gasteiger partial charge in [-0.3, -0.25) is 19.0 Å². The molecule has 8 nitrogen and oxygen atoms in total. The number of hydrogen-bond acceptors (Lipinski definition) is 6. The average Bonchev–Trinajstić information content (AvgIpc) is 3.27. The standard InChI is InChI=1S/C24H26N4O4S/c1-16-5-4-6-20(17(16)2)28-12-11-25-24(28)33-15-22(30)27-19-9-7-18(8-10-19)13-21(29)26-14-23(31)32-3/h4-12H,13-15H2,1-3H3,(H,26,29)(H,27,30). The van der Waals surface area contributed by atoms with Crippen LogP contribution >= 0.6 is 11.8 Å². The maximum Gasteiger partial charge on any atom is 0.325 e. The molecule has 2 N–H and O–H groups in total. The maximum atomic E-state index is 12.4. The van der Waals surface area contributed by atoms with Crippen LogP contribution in [0.3, 0.4) is 0 Å². The number of aryl methyl sites for hydroxylation is 1. The maximum absolute atomic E-state index is 12.4. The molecule has 33 heavy (non-hydrogen) atoms.